The number of carbonyl (C=O) groups excluding carboxylic acids is 2. The van der Waals surface area contributed by atoms with E-state index in [1.165, 1.54) is 12.1 Å². The van der Waals surface area contributed by atoms with Gasteiger partial charge in [0.1, 0.15) is 0 Å². The van der Waals surface area contributed by atoms with Crippen LogP contribution in [0.5, 0.6) is 5.75 Å². The molecule has 2 atom stereocenters. The summed E-state index contributed by atoms with van der Waals surface area (Å²) in [6.45, 7) is 8.00. The van der Waals surface area contributed by atoms with Gasteiger partial charge in [-0.25, -0.2) is 17.5 Å². The largest absolute Gasteiger partial charge is 0.490 e. The highest BCUT2D eigenvalue weighted by atomic mass is 32.2. The highest BCUT2D eigenvalue weighted by Crippen LogP contribution is 2.26. The number of benzene rings is 1. The molecule has 0 aliphatic carbocycles. The van der Waals surface area contributed by atoms with Gasteiger partial charge in [0, 0.05) is 18.4 Å². The highest BCUT2D eigenvalue weighted by molar-refractivity contribution is 7.89. The van der Waals surface area contributed by atoms with Crippen molar-refractivity contribution in [3.8, 4) is 5.75 Å². The maximum absolute atomic E-state index is 14.1. The van der Waals surface area contributed by atoms with Gasteiger partial charge in [0.05, 0.1) is 12.4 Å². The second kappa shape index (κ2) is 11.2. The van der Waals surface area contributed by atoms with Gasteiger partial charge in [-0.05, 0) is 49.3 Å². The van der Waals surface area contributed by atoms with E-state index in [-0.39, 0.29) is 34.6 Å². The summed E-state index contributed by atoms with van der Waals surface area (Å²) >= 11 is 0. The maximum atomic E-state index is 14.1. The predicted octanol–water partition coefficient (Wildman–Crippen LogP) is 3.84. The van der Waals surface area contributed by atoms with E-state index >= 15 is 0 Å². The van der Waals surface area contributed by atoms with Crippen LogP contribution < -0.4 is 14.8 Å². The van der Waals surface area contributed by atoms with Crippen LogP contribution in [0, 0.1) is 17.2 Å². The van der Waals surface area contributed by atoms with E-state index in [0.29, 0.717) is 44.3 Å². The van der Waals surface area contributed by atoms with Crippen LogP contribution in [-0.2, 0) is 19.6 Å². The van der Waals surface area contributed by atoms with Crippen LogP contribution in [0.25, 0.3) is 0 Å². The number of hydrogen-bond donors (Lipinski definition) is 2. The lowest BCUT2D eigenvalue weighted by Gasteiger charge is -2.21. The van der Waals surface area contributed by atoms with E-state index in [1.54, 1.807) is 13.0 Å². The average molecular weight is 471 g/mol. The Hall–Kier alpha value is -2.00. The van der Waals surface area contributed by atoms with E-state index in [0.717, 1.165) is 6.42 Å². The summed E-state index contributed by atoms with van der Waals surface area (Å²) in [5.41, 5.74) is 0.491. The zero-order valence-corrected chi connectivity index (χ0v) is 20.2. The van der Waals surface area contributed by atoms with Gasteiger partial charge in [-0.15, -0.1) is 0 Å². The molecule has 2 rings (SSSR count). The molecule has 0 aromatic heterocycles. The van der Waals surface area contributed by atoms with Crippen LogP contribution in [0.4, 0.5) is 4.39 Å². The Bertz CT molecular complexity index is 911. The molecule has 1 fully saturated rings. The Morgan fingerprint density at radius 3 is 2.59 bits per heavy atom. The number of nitrogens with one attached hydrogen (secondary N) is 2. The molecule has 0 saturated carbocycles. The topological polar surface area (TPSA) is 102 Å². The highest BCUT2D eigenvalue weighted by Gasteiger charge is 2.26. The molecule has 1 saturated heterocycles. The maximum Gasteiger partial charge on any atom is 0.229 e. The lowest BCUT2D eigenvalue weighted by molar-refractivity contribution is -0.136. The van der Waals surface area contributed by atoms with Crippen molar-refractivity contribution in [1.82, 2.24) is 10.0 Å². The van der Waals surface area contributed by atoms with Crippen LogP contribution in [0.2, 0.25) is 0 Å². The second-order valence-corrected chi connectivity index (χ2v) is 11.6. The third kappa shape index (κ3) is 8.86. The second-order valence-electron chi connectivity index (χ2n) is 9.69. The molecule has 1 aliphatic heterocycles. The summed E-state index contributed by atoms with van der Waals surface area (Å²) in [6, 6.07) is 3.84. The molecule has 1 aromatic carbocycles. The zero-order chi connectivity index (χ0) is 23.9. The fraction of sp³-hybridized carbons (Fsp3) is 0.652. The first-order valence-electron chi connectivity index (χ1n) is 11.1. The van der Waals surface area contributed by atoms with E-state index < -0.39 is 21.9 Å². The molecule has 7 nitrogen and oxygen atoms in total. The van der Waals surface area contributed by atoms with Crippen molar-refractivity contribution in [3.05, 3.63) is 29.6 Å². The van der Waals surface area contributed by atoms with Crippen molar-refractivity contribution in [2.45, 2.75) is 72.3 Å². The number of sulfonamides is 1. The van der Waals surface area contributed by atoms with E-state index in [4.69, 9.17) is 4.74 Å². The minimum absolute atomic E-state index is 0.0265. The molecular weight excluding hydrogens is 435 g/mol. The molecule has 1 aromatic rings. The van der Waals surface area contributed by atoms with Gasteiger partial charge in [-0.1, -0.05) is 39.7 Å². The molecule has 32 heavy (non-hydrogen) atoms. The number of halogens is 1. The fourth-order valence-corrected chi connectivity index (χ4v) is 4.84. The third-order valence-electron chi connectivity index (χ3n) is 5.29. The van der Waals surface area contributed by atoms with Crippen molar-refractivity contribution in [2.24, 2.45) is 11.3 Å². The molecule has 0 spiro atoms. The van der Waals surface area contributed by atoms with Crippen molar-refractivity contribution in [3.63, 3.8) is 0 Å². The molecule has 0 bridgehead atoms. The van der Waals surface area contributed by atoms with Gasteiger partial charge in [-0.3, -0.25) is 14.9 Å². The molecule has 1 heterocycles. The monoisotopic (exact) mass is 470 g/mol. The van der Waals surface area contributed by atoms with Gasteiger partial charge in [0.25, 0.3) is 0 Å². The van der Waals surface area contributed by atoms with Crippen LogP contribution in [0.3, 0.4) is 0 Å². The van der Waals surface area contributed by atoms with Crippen molar-refractivity contribution >= 4 is 21.8 Å². The Morgan fingerprint density at radius 1 is 1.22 bits per heavy atom. The number of rotatable bonds is 11. The van der Waals surface area contributed by atoms with Crippen molar-refractivity contribution in [2.75, 3.05) is 12.4 Å². The van der Waals surface area contributed by atoms with Gasteiger partial charge in [0.2, 0.25) is 21.8 Å². The Labute approximate surface area is 190 Å². The van der Waals surface area contributed by atoms with Crippen molar-refractivity contribution < 1.29 is 27.1 Å². The quantitative estimate of drug-likeness (QED) is 0.378. The smallest absolute Gasteiger partial charge is 0.229 e. The molecule has 0 radical (unpaired) electrons. The summed E-state index contributed by atoms with van der Waals surface area (Å²) < 4.78 is 47.2. The first-order chi connectivity index (χ1) is 14.9. The molecule has 9 heteroatoms. The minimum Gasteiger partial charge on any atom is -0.490 e. The number of hydrogen-bond acceptors (Lipinski definition) is 5. The summed E-state index contributed by atoms with van der Waals surface area (Å²) in [5, 5.41) is 2.34. The van der Waals surface area contributed by atoms with E-state index in [2.05, 4.69) is 10.0 Å². The molecule has 180 valence electrons. The summed E-state index contributed by atoms with van der Waals surface area (Å²) in [6.07, 6.45) is 3.44. The first-order valence-corrected chi connectivity index (χ1v) is 12.8. The average Bonchev–Trinajstić information content (AvgIpc) is 2.67. The predicted molar refractivity (Wildman–Crippen MR) is 121 cm³/mol. The molecular formula is C23H35FN2O5S. The summed E-state index contributed by atoms with van der Waals surface area (Å²) in [4.78, 5) is 22.9. The number of ether oxygens (including phenoxy) is 1. The molecule has 1 unspecified atom stereocenters. The van der Waals surface area contributed by atoms with Crippen LogP contribution in [0.1, 0.15) is 77.8 Å². The standard InChI is InChI=1S/C23H35FN2O5S/c1-16(18-9-11-19(24)20(14-18)31-15-23(2,3)4)26-32(29,30)13-7-5-6-8-17-10-12-21(27)25-22(17)28/h9,11,14,16-17,26H,5-8,10,12-13,15H2,1-4H3,(H,25,27,28)/t16-,17?/m1/s1. The van der Waals surface area contributed by atoms with Gasteiger partial charge in [-0.2, -0.15) is 0 Å². The first kappa shape index (κ1) is 26.3. The lowest BCUT2D eigenvalue weighted by atomic mass is 9.92. The summed E-state index contributed by atoms with van der Waals surface area (Å²) in [5.74, 6) is -1.03. The normalized spacial score (nSPS) is 18.3. The minimum atomic E-state index is -3.52. The SMILES string of the molecule is C[C@@H](NS(=O)(=O)CCCCCC1CCC(=O)NC1=O)c1ccc(F)c(OCC(C)(C)C)c1. The van der Waals surface area contributed by atoms with Crippen LogP contribution in [0.15, 0.2) is 18.2 Å². The van der Waals surface area contributed by atoms with Gasteiger partial charge >= 0.3 is 0 Å². The Balaban J connectivity index is 1.80. The zero-order valence-electron chi connectivity index (χ0n) is 19.4. The van der Waals surface area contributed by atoms with Crippen LogP contribution >= 0.6 is 0 Å². The number of carbonyl (C=O) groups is 2. The third-order valence-corrected chi connectivity index (χ3v) is 6.83. The Morgan fingerprint density at radius 2 is 1.94 bits per heavy atom. The Kier molecular flexibility index (Phi) is 9.21. The molecule has 1 aliphatic rings. The number of piperidine rings is 1. The van der Waals surface area contributed by atoms with Crippen molar-refractivity contribution in [1.29, 1.82) is 0 Å². The number of unbranched alkanes of at least 4 members (excludes halogenated alkanes) is 2. The van der Waals surface area contributed by atoms with Crippen LogP contribution in [-0.4, -0.2) is 32.6 Å². The summed E-state index contributed by atoms with van der Waals surface area (Å²) in [7, 11) is -3.52. The van der Waals surface area contributed by atoms with Gasteiger partial charge < -0.3 is 4.74 Å². The van der Waals surface area contributed by atoms with E-state index in [1.807, 2.05) is 20.8 Å². The van der Waals surface area contributed by atoms with E-state index in [9.17, 15) is 22.4 Å². The molecule has 2 amide bonds. The molecule has 2 N–H and O–H groups in total. The number of imide groups is 1. The fourth-order valence-electron chi connectivity index (χ4n) is 3.46. The lowest BCUT2D eigenvalue weighted by Crippen LogP contribution is -2.40. The number of amides is 2. The van der Waals surface area contributed by atoms with Gasteiger partial charge in [0.15, 0.2) is 11.6 Å².